The summed E-state index contributed by atoms with van der Waals surface area (Å²) in [6, 6.07) is 6.84. The monoisotopic (exact) mass is 322 g/mol. The van der Waals surface area contributed by atoms with Crippen molar-refractivity contribution in [2.45, 2.75) is 36.7 Å². The molecule has 0 aliphatic carbocycles. The Hall–Kier alpha value is -1.59. The molecule has 0 saturated heterocycles. The summed E-state index contributed by atoms with van der Waals surface area (Å²) >= 11 is 7.19. The van der Waals surface area contributed by atoms with Gasteiger partial charge in [-0.15, -0.1) is 0 Å². The van der Waals surface area contributed by atoms with Crippen molar-refractivity contribution in [1.82, 2.24) is 9.97 Å². The zero-order valence-electron chi connectivity index (χ0n) is 11.9. The molecule has 0 aliphatic rings. The molecule has 1 aromatic carbocycles. The minimum absolute atomic E-state index is 0.0819. The van der Waals surface area contributed by atoms with Crippen LogP contribution < -0.4 is 0 Å². The first-order valence-corrected chi connectivity index (χ1v) is 7.62. The van der Waals surface area contributed by atoms with Crippen LogP contribution in [0.3, 0.4) is 0 Å². The van der Waals surface area contributed by atoms with Crippen molar-refractivity contribution in [3.63, 3.8) is 0 Å². The third-order valence-corrected chi connectivity index (χ3v) is 4.01. The highest BCUT2D eigenvalue weighted by Gasteiger charge is 2.12. The van der Waals surface area contributed by atoms with Crippen LogP contribution in [0, 0.1) is 6.92 Å². The summed E-state index contributed by atoms with van der Waals surface area (Å²) in [6.07, 6.45) is 0. The van der Waals surface area contributed by atoms with E-state index >= 15 is 0 Å². The smallest absolute Gasteiger partial charge is 0.337 e. The Morgan fingerprint density at radius 2 is 2.00 bits per heavy atom. The van der Waals surface area contributed by atoms with Crippen molar-refractivity contribution in [3.05, 3.63) is 46.2 Å². The van der Waals surface area contributed by atoms with Gasteiger partial charge < -0.3 is 5.11 Å². The van der Waals surface area contributed by atoms with Crippen LogP contribution in [0.2, 0.25) is 5.02 Å². The maximum absolute atomic E-state index is 11.1. The van der Waals surface area contributed by atoms with Crippen LogP contribution in [-0.4, -0.2) is 21.0 Å². The lowest BCUT2D eigenvalue weighted by Gasteiger charge is -2.08. The highest BCUT2D eigenvalue weighted by atomic mass is 35.5. The van der Waals surface area contributed by atoms with Crippen molar-refractivity contribution in [2.75, 3.05) is 0 Å². The highest BCUT2D eigenvalue weighted by molar-refractivity contribution is 7.99. The van der Waals surface area contributed by atoms with Crippen LogP contribution >= 0.6 is 23.4 Å². The van der Waals surface area contributed by atoms with Gasteiger partial charge in [-0.3, -0.25) is 0 Å². The molecule has 1 N–H and O–H groups in total. The number of rotatable bonds is 4. The van der Waals surface area contributed by atoms with Crippen molar-refractivity contribution < 1.29 is 9.90 Å². The molecule has 0 spiro atoms. The van der Waals surface area contributed by atoms with E-state index in [4.69, 9.17) is 16.7 Å². The lowest BCUT2D eigenvalue weighted by molar-refractivity contribution is 0.0697. The summed E-state index contributed by atoms with van der Waals surface area (Å²) in [5.74, 6) is -0.735. The van der Waals surface area contributed by atoms with Crippen molar-refractivity contribution in [2.24, 2.45) is 0 Å². The van der Waals surface area contributed by atoms with Crippen molar-refractivity contribution >= 4 is 29.3 Å². The van der Waals surface area contributed by atoms with Crippen LogP contribution in [0.4, 0.5) is 0 Å². The molecule has 0 aliphatic heterocycles. The maximum Gasteiger partial charge on any atom is 0.337 e. The molecule has 21 heavy (non-hydrogen) atoms. The van der Waals surface area contributed by atoms with Gasteiger partial charge in [0.05, 0.1) is 10.6 Å². The predicted molar refractivity (Wildman–Crippen MR) is 83.4 cm³/mol. The van der Waals surface area contributed by atoms with Gasteiger partial charge in [0.25, 0.3) is 0 Å². The van der Waals surface area contributed by atoms with Gasteiger partial charge in [-0.05, 0) is 48.9 Å². The number of carboxylic acid groups (broad SMARTS) is 1. The van der Waals surface area contributed by atoms with E-state index in [1.54, 1.807) is 12.1 Å². The Labute approximate surface area is 132 Å². The molecule has 1 heterocycles. The second-order valence-corrected chi connectivity index (χ2v) is 6.37. The number of carbonyl (C=O) groups is 1. The lowest BCUT2D eigenvalue weighted by atomic mass is 10.1. The first kappa shape index (κ1) is 15.8. The zero-order valence-corrected chi connectivity index (χ0v) is 13.5. The van der Waals surface area contributed by atoms with E-state index in [0.717, 1.165) is 16.3 Å². The van der Waals surface area contributed by atoms with Crippen LogP contribution in [-0.2, 0) is 0 Å². The molecule has 0 saturated carbocycles. The number of nitrogens with zero attached hydrogens (tertiary/aromatic N) is 2. The summed E-state index contributed by atoms with van der Waals surface area (Å²) in [7, 11) is 0. The molecule has 0 bridgehead atoms. The van der Waals surface area contributed by atoms with Crippen LogP contribution in [0.1, 0.15) is 41.5 Å². The summed E-state index contributed by atoms with van der Waals surface area (Å²) in [5, 5.41) is 9.92. The number of aryl methyl sites for hydroxylation is 1. The lowest BCUT2D eigenvalue weighted by Crippen LogP contribution is -1.99. The number of halogens is 1. The van der Waals surface area contributed by atoms with Gasteiger partial charge in [0.2, 0.25) is 0 Å². The summed E-state index contributed by atoms with van der Waals surface area (Å²) in [4.78, 5) is 20.7. The summed E-state index contributed by atoms with van der Waals surface area (Å²) < 4.78 is 0. The maximum atomic E-state index is 11.1. The van der Waals surface area contributed by atoms with Crippen molar-refractivity contribution in [1.29, 1.82) is 0 Å². The Morgan fingerprint density at radius 3 is 2.62 bits per heavy atom. The van der Waals surface area contributed by atoms with Gasteiger partial charge in [0.15, 0.2) is 5.16 Å². The topological polar surface area (TPSA) is 63.1 Å². The Balaban J connectivity index is 2.34. The molecule has 6 heteroatoms. The highest BCUT2D eigenvalue weighted by Crippen LogP contribution is 2.29. The normalized spacial score (nSPS) is 10.9. The van der Waals surface area contributed by atoms with Gasteiger partial charge in [-0.25, -0.2) is 14.8 Å². The molecule has 4 nitrogen and oxygen atoms in total. The van der Waals surface area contributed by atoms with Gasteiger partial charge in [0.1, 0.15) is 0 Å². The fourth-order valence-electron chi connectivity index (χ4n) is 1.74. The van der Waals surface area contributed by atoms with Gasteiger partial charge in [-0.2, -0.15) is 0 Å². The SMILES string of the molecule is Cc1cc(C(C)C)nc(Sc2ccc(Cl)c(C(=O)O)c2)n1. The minimum Gasteiger partial charge on any atom is -0.478 e. The van der Waals surface area contributed by atoms with E-state index in [1.807, 2.05) is 13.0 Å². The van der Waals surface area contributed by atoms with Crippen molar-refractivity contribution in [3.8, 4) is 0 Å². The van der Waals surface area contributed by atoms with E-state index < -0.39 is 5.97 Å². The molecular weight excluding hydrogens is 308 g/mol. The van der Waals surface area contributed by atoms with E-state index in [9.17, 15) is 4.79 Å². The number of carboxylic acids is 1. The quantitative estimate of drug-likeness (QED) is 0.845. The second-order valence-electron chi connectivity index (χ2n) is 4.92. The fourth-order valence-corrected chi connectivity index (χ4v) is 2.81. The molecule has 2 rings (SSSR count). The van der Waals surface area contributed by atoms with E-state index in [-0.39, 0.29) is 10.6 Å². The predicted octanol–water partition coefficient (Wildman–Crippen LogP) is 4.41. The molecule has 0 radical (unpaired) electrons. The Morgan fingerprint density at radius 1 is 1.29 bits per heavy atom. The third-order valence-electron chi connectivity index (χ3n) is 2.82. The first-order chi connectivity index (χ1) is 9.86. The third kappa shape index (κ3) is 3.95. The molecule has 0 atom stereocenters. The second kappa shape index (κ2) is 6.45. The average molecular weight is 323 g/mol. The van der Waals surface area contributed by atoms with E-state index in [2.05, 4.69) is 23.8 Å². The fraction of sp³-hybridized carbons (Fsp3) is 0.267. The van der Waals surface area contributed by atoms with Gasteiger partial charge in [-0.1, -0.05) is 25.4 Å². The zero-order chi connectivity index (χ0) is 15.6. The number of aromatic carboxylic acids is 1. The van der Waals surface area contributed by atoms with E-state index in [0.29, 0.717) is 11.1 Å². The molecule has 1 aromatic heterocycles. The summed E-state index contributed by atoms with van der Waals surface area (Å²) in [5.41, 5.74) is 1.94. The molecule has 0 amide bonds. The Bertz CT molecular complexity index is 689. The number of benzene rings is 1. The van der Waals surface area contributed by atoms with Crippen LogP contribution in [0.15, 0.2) is 34.3 Å². The molecule has 0 unspecified atom stereocenters. The van der Waals surface area contributed by atoms with Gasteiger partial charge >= 0.3 is 5.97 Å². The number of hydrogen-bond donors (Lipinski definition) is 1. The van der Waals surface area contributed by atoms with E-state index in [1.165, 1.54) is 17.8 Å². The molecule has 0 fully saturated rings. The molecular formula is C15H15ClN2O2S. The van der Waals surface area contributed by atoms with Crippen LogP contribution in [0.25, 0.3) is 0 Å². The summed E-state index contributed by atoms with van der Waals surface area (Å²) in [6.45, 7) is 6.06. The molecule has 110 valence electrons. The standard InChI is InChI=1S/C15H15ClN2O2S/c1-8(2)13-6-9(3)17-15(18-13)21-10-4-5-12(16)11(7-10)14(19)20/h4-8H,1-3H3,(H,19,20). The van der Waals surface area contributed by atoms with Crippen LogP contribution in [0.5, 0.6) is 0 Å². The first-order valence-electron chi connectivity index (χ1n) is 6.43. The molecule has 2 aromatic rings. The average Bonchev–Trinajstić information content (AvgIpc) is 2.40. The minimum atomic E-state index is -1.05. The number of hydrogen-bond acceptors (Lipinski definition) is 4. The number of aromatic nitrogens is 2. The Kier molecular flexibility index (Phi) is 4.85. The largest absolute Gasteiger partial charge is 0.478 e. The van der Waals surface area contributed by atoms with Gasteiger partial charge in [0, 0.05) is 16.3 Å².